The van der Waals surface area contributed by atoms with Gasteiger partial charge in [0.05, 0.1) is 0 Å². The molecular formula is C15H29NO4. The molecule has 0 atom stereocenters. The minimum Gasteiger partial charge on any atom is -0.459 e. The molecule has 20 heavy (non-hydrogen) atoms. The summed E-state index contributed by atoms with van der Waals surface area (Å²) in [5, 5.41) is 0. The molecular weight excluding hydrogens is 258 g/mol. The van der Waals surface area contributed by atoms with E-state index in [1.165, 1.54) is 4.90 Å². The fourth-order valence-electron chi connectivity index (χ4n) is 1.44. The van der Waals surface area contributed by atoms with Crippen molar-refractivity contribution in [2.24, 2.45) is 0 Å². The Kier molecular flexibility index (Phi) is 7.03. The van der Waals surface area contributed by atoms with E-state index in [9.17, 15) is 9.59 Å². The third-order valence-electron chi connectivity index (χ3n) is 2.17. The molecule has 0 heterocycles. The number of unbranched alkanes of at least 4 members (excludes halogenated alkanes) is 1. The number of ether oxygens (including phenoxy) is 2. The normalized spacial score (nSPS) is 11.9. The predicted octanol–water partition coefficient (Wildman–Crippen LogP) is 3.37. The van der Waals surface area contributed by atoms with Crippen LogP contribution in [0.4, 0.5) is 4.79 Å². The molecule has 5 heteroatoms. The minimum absolute atomic E-state index is 0.0772. The highest BCUT2D eigenvalue weighted by Crippen LogP contribution is 2.12. The Labute approximate surface area is 122 Å². The number of esters is 1. The molecule has 0 aliphatic rings. The summed E-state index contributed by atoms with van der Waals surface area (Å²) in [4.78, 5) is 25.3. The van der Waals surface area contributed by atoms with Crippen molar-refractivity contribution in [3.05, 3.63) is 0 Å². The Balaban J connectivity index is 4.63. The first-order chi connectivity index (χ1) is 8.94. The molecule has 0 aromatic carbocycles. The van der Waals surface area contributed by atoms with Gasteiger partial charge in [-0.05, 0) is 48.0 Å². The van der Waals surface area contributed by atoms with Crippen LogP contribution in [0, 0.1) is 0 Å². The fourth-order valence-corrected chi connectivity index (χ4v) is 1.44. The van der Waals surface area contributed by atoms with Crippen LogP contribution in [0.2, 0.25) is 0 Å². The summed E-state index contributed by atoms with van der Waals surface area (Å²) in [5.74, 6) is -0.417. The zero-order valence-electron chi connectivity index (χ0n) is 13.9. The third-order valence-corrected chi connectivity index (χ3v) is 2.17. The zero-order chi connectivity index (χ0) is 16.0. The van der Waals surface area contributed by atoms with Gasteiger partial charge in [0, 0.05) is 6.54 Å². The fraction of sp³-hybridized carbons (Fsp3) is 0.867. The second-order valence-electron chi connectivity index (χ2n) is 6.84. The molecule has 0 saturated heterocycles. The van der Waals surface area contributed by atoms with E-state index in [0.717, 1.165) is 12.8 Å². The molecule has 0 radical (unpaired) electrons. The molecule has 0 aliphatic heterocycles. The molecule has 5 nitrogen and oxygen atoms in total. The van der Waals surface area contributed by atoms with Gasteiger partial charge in [-0.15, -0.1) is 0 Å². The topological polar surface area (TPSA) is 55.8 Å². The molecule has 0 unspecified atom stereocenters. The SMILES string of the molecule is CCCCN(CC(=O)OC(C)(C)C)C(=O)OC(C)(C)C. The van der Waals surface area contributed by atoms with Crippen LogP contribution < -0.4 is 0 Å². The molecule has 0 spiro atoms. The second kappa shape index (κ2) is 7.50. The molecule has 118 valence electrons. The van der Waals surface area contributed by atoms with Crippen LogP contribution in [-0.4, -0.2) is 41.3 Å². The zero-order valence-corrected chi connectivity index (χ0v) is 13.9. The van der Waals surface area contributed by atoms with E-state index in [1.807, 2.05) is 6.92 Å². The van der Waals surface area contributed by atoms with Gasteiger partial charge in [-0.25, -0.2) is 4.79 Å². The summed E-state index contributed by atoms with van der Waals surface area (Å²) in [5.41, 5.74) is -1.13. The van der Waals surface area contributed by atoms with Crippen molar-refractivity contribution in [3.8, 4) is 0 Å². The van der Waals surface area contributed by atoms with E-state index in [4.69, 9.17) is 9.47 Å². The van der Waals surface area contributed by atoms with Crippen LogP contribution >= 0.6 is 0 Å². The van der Waals surface area contributed by atoms with Gasteiger partial charge in [0.2, 0.25) is 0 Å². The van der Waals surface area contributed by atoms with Gasteiger partial charge in [-0.1, -0.05) is 13.3 Å². The van der Waals surface area contributed by atoms with Crippen molar-refractivity contribution < 1.29 is 19.1 Å². The Hall–Kier alpha value is -1.26. The average Bonchev–Trinajstić information content (AvgIpc) is 2.18. The average molecular weight is 287 g/mol. The summed E-state index contributed by atoms with van der Waals surface area (Å²) in [6.45, 7) is 13.2. The molecule has 0 aliphatic carbocycles. The van der Waals surface area contributed by atoms with Crippen molar-refractivity contribution in [2.75, 3.05) is 13.1 Å². The summed E-state index contributed by atoms with van der Waals surface area (Å²) in [7, 11) is 0. The van der Waals surface area contributed by atoms with Crippen LogP contribution in [0.25, 0.3) is 0 Å². The molecule has 0 saturated carbocycles. The van der Waals surface area contributed by atoms with Crippen LogP contribution in [-0.2, 0) is 14.3 Å². The van der Waals surface area contributed by atoms with Gasteiger partial charge in [0.1, 0.15) is 17.7 Å². The number of nitrogens with zero attached hydrogens (tertiary/aromatic N) is 1. The monoisotopic (exact) mass is 287 g/mol. The van der Waals surface area contributed by atoms with Gasteiger partial charge in [-0.2, -0.15) is 0 Å². The van der Waals surface area contributed by atoms with Crippen LogP contribution in [0.1, 0.15) is 61.3 Å². The van der Waals surface area contributed by atoms with Gasteiger partial charge >= 0.3 is 12.1 Å². The summed E-state index contributed by atoms with van der Waals surface area (Å²) < 4.78 is 10.5. The lowest BCUT2D eigenvalue weighted by atomic mass is 10.2. The smallest absolute Gasteiger partial charge is 0.410 e. The highest BCUT2D eigenvalue weighted by atomic mass is 16.6. The largest absolute Gasteiger partial charge is 0.459 e. The Morgan fingerprint density at radius 2 is 1.45 bits per heavy atom. The summed E-state index contributed by atoms with van der Waals surface area (Å²) in [6.07, 6.45) is 1.28. The maximum Gasteiger partial charge on any atom is 0.410 e. The first-order valence-corrected chi connectivity index (χ1v) is 7.14. The lowest BCUT2D eigenvalue weighted by Gasteiger charge is -2.28. The third kappa shape index (κ3) is 9.64. The van der Waals surface area contributed by atoms with Crippen molar-refractivity contribution in [3.63, 3.8) is 0 Å². The maximum atomic E-state index is 12.1. The number of amides is 1. The van der Waals surface area contributed by atoms with Gasteiger partial charge < -0.3 is 9.47 Å². The second-order valence-corrected chi connectivity index (χ2v) is 6.84. The highest BCUT2D eigenvalue weighted by Gasteiger charge is 2.25. The molecule has 0 rings (SSSR count). The number of carbonyl (C=O) groups excluding carboxylic acids is 2. The number of hydrogen-bond donors (Lipinski definition) is 0. The van der Waals surface area contributed by atoms with Gasteiger partial charge in [0.15, 0.2) is 0 Å². The van der Waals surface area contributed by atoms with Crippen LogP contribution in [0.5, 0.6) is 0 Å². The van der Waals surface area contributed by atoms with Crippen molar-refractivity contribution in [2.45, 2.75) is 72.5 Å². The van der Waals surface area contributed by atoms with Crippen molar-refractivity contribution in [1.82, 2.24) is 4.90 Å². The molecule has 0 aromatic rings. The summed E-state index contributed by atoms with van der Waals surface area (Å²) >= 11 is 0. The van der Waals surface area contributed by atoms with Crippen molar-refractivity contribution in [1.29, 1.82) is 0 Å². The minimum atomic E-state index is -0.574. The summed E-state index contributed by atoms with van der Waals surface area (Å²) in [6, 6.07) is 0. The van der Waals surface area contributed by atoms with Gasteiger partial charge in [-0.3, -0.25) is 9.69 Å². The van der Waals surface area contributed by atoms with E-state index in [-0.39, 0.29) is 6.54 Å². The first-order valence-electron chi connectivity index (χ1n) is 7.14. The maximum absolute atomic E-state index is 12.1. The van der Waals surface area contributed by atoms with Crippen molar-refractivity contribution >= 4 is 12.1 Å². The molecule has 1 amide bonds. The van der Waals surface area contributed by atoms with E-state index >= 15 is 0 Å². The molecule has 0 N–H and O–H groups in total. The Morgan fingerprint density at radius 3 is 1.85 bits per heavy atom. The predicted molar refractivity (Wildman–Crippen MR) is 78.6 cm³/mol. The quantitative estimate of drug-likeness (QED) is 0.727. The molecule has 0 bridgehead atoms. The van der Waals surface area contributed by atoms with Crippen LogP contribution in [0.3, 0.4) is 0 Å². The Bertz CT molecular complexity index is 326. The highest BCUT2D eigenvalue weighted by molar-refractivity contribution is 5.78. The number of hydrogen-bond acceptors (Lipinski definition) is 4. The lowest BCUT2D eigenvalue weighted by Crippen LogP contribution is -2.42. The van der Waals surface area contributed by atoms with E-state index in [0.29, 0.717) is 6.54 Å². The van der Waals surface area contributed by atoms with Gasteiger partial charge in [0.25, 0.3) is 0 Å². The first kappa shape index (κ1) is 18.7. The van der Waals surface area contributed by atoms with Crippen LogP contribution in [0.15, 0.2) is 0 Å². The number of rotatable bonds is 5. The Morgan fingerprint density at radius 1 is 0.950 bits per heavy atom. The number of carbonyl (C=O) groups is 2. The van der Waals surface area contributed by atoms with E-state index in [2.05, 4.69) is 0 Å². The molecule has 0 aromatic heterocycles. The van der Waals surface area contributed by atoms with E-state index < -0.39 is 23.3 Å². The lowest BCUT2D eigenvalue weighted by molar-refractivity contribution is -0.156. The van der Waals surface area contributed by atoms with E-state index in [1.54, 1.807) is 41.5 Å². The standard InChI is InChI=1S/C15H29NO4/c1-8-9-10-16(13(18)20-15(5,6)7)11-12(17)19-14(2,3)4/h8-11H2,1-7H3. The molecule has 0 fully saturated rings.